The number of hydrogen-bond acceptors (Lipinski definition) is 3. The molecule has 0 fully saturated rings. The van der Waals surface area contributed by atoms with Crippen LogP contribution in [-0.4, -0.2) is 19.7 Å². The molecule has 3 nitrogen and oxygen atoms in total. The lowest BCUT2D eigenvalue weighted by molar-refractivity contribution is -0.142. The maximum Gasteiger partial charge on any atom is 0.343 e. The van der Waals surface area contributed by atoms with Crippen LogP contribution in [0.4, 0.5) is 0 Å². The number of esters is 1. The van der Waals surface area contributed by atoms with Gasteiger partial charge in [-0.25, -0.2) is 4.79 Å². The standard InChI is InChI=1S/C15H14O3/c1-3-11-4-5-13-9-14(7-6-12(13)8-11)18-10-15(16)17-2/h3-9H,1,10H2,2H3. The molecule has 0 aliphatic carbocycles. The lowest BCUT2D eigenvalue weighted by Gasteiger charge is -2.06. The molecule has 0 saturated carbocycles. The lowest BCUT2D eigenvalue weighted by Crippen LogP contribution is -2.12. The van der Waals surface area contributed by atoms with Gasteiger partial charge < -0.3 is 9.47 Å². The maximum absolute atomic E-state index is 11.0. The summed E-state index contributed by atoms with van der Waals surface area (Å²) in [5.41, 5.74) is 1.07. The number of fused-ring (bicyclic) bond motifs is 1. The Labute approximate surface area is 106 Å². The van der Waals surface area contributed by atoms with Crippen molar-refractivity contribution in [3.05, 3.63) is 48.5 Å². The van der Waals surface area contributed by atoms with Crippen molar-refractivity contribution in [2.45, 2.75) is 0 Å². The van der Waals surface area contributed by atoms with Gasteiger partial charge in [0.05, 0.1) is 7.11 Å². The molecule has 2 rings (SSSR count). The van der Waals surface area contributed by atoms with Crippen molar-refractivity contribution in [3.8, 4) is 5.75 Å². The van der Waals surface area contributed by atoms with E-state index in [1.54, 1.807) is 6.08 Å². The molecule has 0 spiro atoms. The minimum absolute atomic E-state index is 0.0766. The Hall–Kier alpha value is -2.29. The van der Waals surface area contributed by atoms with Gasteiger partial charge in [-0.3, -0.25) is 0 Å². The molecule has 2 aromatic carbocycles. The third-order valence-corrected chi connectivity index (χ3v) is 2.66. The summed E-state index contributed by atoms with van der Waals surface area (Å²) in [6.07, 6.45) is 1.81. The Bertz CT molecular complexity index is 587. The molecular weight excluding hydrogens is 228 g/mol. The smallest absolute Gasteiger partial charge is 0.343 e. The fraction of sp³-hybridized carbons (Fsp3) is 0.133. The first kappa shape index (κ1) is 12.2. The molecule has 0 atom stereocenters. The van der Waals surface area contributed by atoms with Crippen LogP contribution in [0.25, 0.3) is 16.8 Å². The predicted molar refractivity (Wildman–Crippen MR) is 71.6 cm³/mol. The van der Waals surface area contributed by atoms with Crippen molar-refractivity contribution >= 4 is 22.8 Å². The van der Waals surface area contributed by atoms with Gasteiger partial charge in [0.15, 0.2) is 6.61 Å². The lowest BCUT2D eigenvalue weighted by atomic mass is 10.1. The second-order valence-electron chi connectivity index (χ2n) is 3.84. The first-order valence-electron chi connectivity index (χ1n) is 5.59. The molecule has 0 N–H and O–H groups in total. The molecule has 0 aliphatic heterocycles. The summed E-state index contributed by atoms with van der Waals surface area (Å²) >= 11 is 0. The largest absolute Gasteiger partial charge is 0.482 e. The van der Waals surface area contributed by atoms with E-state index in [0.29, 0.717) is 5.75 Å². The van der Waals surface area contributed by atoms with E-state index < -0.39 is 5.97 Å². The molecule has 2 aromatic rings. The van der Waals surface area contributed by atoms with Crippen LogP contribution in [0.3, 0.4) is 0 Å². The number of carbonyl (C=O) groups excluding carboxylic acids is 1. The fourth-order valence-corrected chi connectivity index (χ4v) is 1.66. The third kappa shape index (κ3) is 2.69. The van der Waals surface area contributed by atoms with Gasteiger partial charge in [0.25, 0.3) is 0 Å². The van der Waals surface area contributed by atoms with Crippen LogP contribution in [0, 0.1) is 0 Å². The Morgan fingerprint density at radius 2 is 1.94 bits per heavy atom. The Kier molecular flexibility index (Phi) is 3.63. The minimum atomic E-state index is -0.392. The average molecular weight is 242 g/mol. The van der Waals surface area contributed by atoms with Gasteiger partial charge in [-0.05, 0) is 34.5 Å². The second kappa shape index (κ2) is 5.36. The quantitative estimate of drug-likeness (QED) is 0.773. The highest BCUT2D eigenvalue weighted by Crippen LogP contribution is 2.22. The first-order chi connectivity index (χ1) is 8.72. The molecule has 3 heteroatoms. The van der Waals surface area contributed by atoms with Gasteiger partial charge in [0, 0.05) is 0 Å². The van der Waals surface area contributed by atoms with Gasteiger partial charge in [-0.1, -0.05) is 30.9 Å². The summed E-state index contributed by atoms with van der Waals surface area (Å²) in [6.45, 7) is 3.66. The summed E-state index contributed by atoms with van der Waals surface area (Å²) in [5.74, 6) is 0.261. The van der Waals surface area contributed by atoms with Gasteiger partial charge in [-0.2, -0.15) is 0 Å². The van der Waals surface area contributed by atoms with Crippen LogP contribution in [-0.2, 0) is 9.53 Å². The molecule has 0 saturated heterocycles. The fourth-order valence-electron chi connectivity index (χ4n) is 1.66. The highest BCUT2D eigenvalue weighted by atomic mass is 16.6. The van der Waals surface area contributed by atoms with Crippen LogP contribution in [0.2, 0.25) is 0 Å². The van der Waals surface area contributed by atoms with Crippen molar-refractivity contribution in [3.63, 3.8) is 0 Å². The van der Waals surface area contributed by atoms with E-state index in [4.69, 9.17) is 4.74 Å². The zero-order chi connectivity index (χ0) is 13.0. The molecule has 0 aromatic heterocycles. The summed E-state index contributed by atoms with van der Waals surface area (Å²) in [5, 5.41) is 2.17. The molecule has 0 amide bonds. The monoisotopic (exact) mass is 242 g/mol. The summed E-state index contributed by atoms with van der Waals surface area (Å²) in [4.78, 5) is 11.0. The number of rotatable bonds is 4. The Morgan fingerprint density at radius 3 is 2.67 bits per heavy atom. The van der Waals surface area contributed by atoms with Crippen molar-refractivity contribution < 1.29 is 14.3 Å². The maximum atomic E-state index is 11.0. The summed E-state index contributed by atoms with van der Waals surface area (Å²) in [7, 11) is 1.34. The molecule has 0 aliphatic rings. The van der Waals surface area contributed by atoms with Crippen LogP contribution in [0.1, 0.15) is 5.56 Å². The van der Waals surface area contributed by atoms with Gasteiger partial charge >= 0.3 is 5.97 Å². The Morgan fingerprint density at radius 1 is 1.22 bits per heavy atom. The van der Waals surface area contributed by atoms with E-state index in [9.17, 15) is 4.79 Å². The number of ether oxygens (including phenoxy) is 2. The molecule has 0 radical (unpaired) electrons. The zero-order valence-corrected chi connectivity index (χ0v) is 10.2. The predicted octanol–water partition coefficient (Wildman–Crippen LogP) is 3.03. The second-order valence-corrected chi connectivity index (χ2v) is 3.84. The highest BCUT2D eigenvalue weighted by molar-refractivity contribution is 5.86. The molecular formula is C15H14O3. The molecule has 18 heavy (non-hydrogen) atoms. The number of benzene rings is 2. The molecule has 0 unspecified atom stereocenters. The summed E-state index contributed by atoms with van der Waals surface area (Å²) in [6, 6.07) is 11.7. The molecule has 0 heterocycles. The van der Waals surface area contributed by atoms with E-state index in [0.717, 1.165) is 16.3 Å². The number of methoxy groups -OCH3 is 1. The van der Waals surface area contributed by atoms with Crippen LogP contribution in [0.5, 0.6) is 5.75 Å². The number of hydrogen-bond donors (Lipinski definition) is 0. The van der Waals surface area contributed by atoms with Crippen molar-refractivity contribution in [1.29, 1.82) is 0 Å². The van der Waals surface area contributed by atoms with Crippen LogP contribution >= 0.6 is 0 Å². The van der Waals surface area contributed by atoms with Crippen molar-refractivity contribution in [2.75, 3.05) is 13.7 Å². The Balaban J connectivity index is 2.22. The van der Waals surface area contributed by atoms with E-state index in [-0.39, 0.29) is 6.61 Å². The van der Waals surface area contributed by atoms with Crippen LogP contribution < -0.4 is 4.74 Å². The highest BCUT2D eigenvalue weighted by Gasteiger charge is 2.02. The normalized spacial score (nSPS) is 10.1. The first-order valence-corrected chi connectivity index (χ1v) is 5.59. The van der Waals surface area contributed by atoms with Gasteiger partial charge in [-0.15, -0.1) is 0 Å². The van der Waals surface area contributed by atoms with Gasteiger partial charge in [0.2, 0.25) is 0 Å². The minimum Gasteiger partial charge on any atom is -0.482 e. The van der Waals surface area contributed by atoms with E-state index >= 15 is 0 Å². The SMILES string of the molecule is C=Cc1ccc2cc(OCC(=O)OC)ccc2c1. The van der Waals surface area contributed by atoms with E-state index in [1.807, 2.05) is 36.4 Å². The third-order valence-electron chi connectivity index (χ3n) is 2.66. The summed E-state index contributed by atoms with van der Waals surface area (Å²) < 4.78 is 9.84. The molecule has 92 valence electrons. The topological polar surface area (TPSA) is 35.5 Å². The van der Waals surface area contributed by atoms with Crippen molar-refractivity contribution in [1.82, 2.24) is 0 Å². The number of carbonyl (C=O) groups is 1. The zero-order valence-electron chi connectivity index (χ0n) is 10.2. The van der Waals surface area contributed by atoms with E-state index in [1.165, 1.54) is 7.11 Å². The van der Waals surface area contributed by atoms with E-state index in [2.05, 4.69) is 11.3 Å². The average Bonchev–Trinajstić information content (AvgIpc) is 2.43. The van der Waals surface area contributed by atoms with Crippen LogP contribution in [0.15, 0.2) is 43.0 Å². The van der Waals surface area contributed by atoms with Crippen molar-refractivity contribution in [2.24, 2.45) is 0 Å². The molecule has 0 bridgehead atoms. The van der Waals surface area contributed by atoms with Gasteiger partial charge in [0.1, 0.15) is 5.75 Å².